The first-order valence-corrected chi connectivity index (χ1v) is 9.12. The minimum Gasteiger partial charge on any atom is -0.294 e. The van der Waals surface area contributed by atoms with E-state index in [1.165, 1.54) is 0 Å². The number of nitrogens with zero attached hydrogens (tertiary/aromatic N) is 1. The third-order valence-electron chi connectivity index (χ3n) is 4.79. The quantitative estimate of drug-likeness (QED) is 0.480. The van der Waals surface area contributed by atoms with Crippen LogP contribution in [0, 0.1) is 13.8 Å². The van der Waals surface area contributed by atoms with Crippen LogP contribution < -0.4 is 0 Å². The molecule has 3 aromatic rings. The summed E-state index contributed by atoms with van der Waals surface area (Å²) in [4.78, 5) is 29.5. The van der Waals surface area contributed by atoms with Gasteiger partial charge >= 0.3 is 0 Å². The van der Waals surface area contributed by atoms with Crippen LogP contribution in [0.15, 0.2) is 73.1 Å². The van der Waals surface area contributed by atoms with Gasteiger partial charge in [-0.05, 0) is 37.5 Å². The molecular weight excluding hydrogens is 346 g/mol. The van der Waals surface area contributed by atoms with E-state index in [0.29, 0.717) is 24.0 Å². The molecule has 28 heavy (non-hydrogen) atoms. The molecule has 1 aromatic heterocycles. The van der Waals surface area contributed by atoms with E-state index in [1.54, 1.807) is 24.5 Å². The first-order valence-electron chi connectivity index (χ1n) is 9.12. The highest BCUT2D eigenvalue weighted by Crippen LogP contribution is 2.27. The van der Waals surface area contributed by atoms with Gasteiger partial charge in [-0.2, -0.15) is 0 Å². The average Bonchev–Trinajstić information content (AvgIpc) is 2.69. The number of benzene rings is 2. The molecule has 1 heterocycles. The van der Waals surface area contributed by atoms with E-state index in [9.17, 15) is 9.59 Å². The summed E-state index contributed by atoms with van der Waals surface area (Å²) < 4.78 is 0. The lowest BCUT2D eigenvalue weighted by molar-refractivity contribution is 0.0944. The van der Waals surface area contributed by atoms with E-state index in [0.717, 1.165) is 16.7 Å². The number of hydrogen-bond donors (Lipinski definition) is 0. The Bertz CT molecular complexity index is 913. The molecule has 0 bridgehead atoms. The van der Waals surface area contributed by atoms with Crippen molar-refractivity contribution in [2.45, 2.75) is 40.0 Å². The molecule has 144 valence electrons. The molecule has 0 fully saturated rings. The Morgan fingerprint density at radius 2 is 1.14 bits per heavy atom. The molecule has 3 nitrogen and oxygen atoms in total. The fraction of sp³-hybridized carbons (Fsp3) is 0.240. The van der Waals surface area contributed by atoms with Gasteiger partial charge in [0.1, 0.15) is 0 Å². The van der Waals surface area contributed by atoms with Crippen LogP contribution in [0.1, 0.15) is 63.6 Å². The molecule has 1 unspecified atom stereocenters. The van der Waals surface area contributed by atoms with Crippen LogP contribution in [0.25, 0.3) is 0 Å². The third kappa shape index (κ3) is 5.46. The van der Waals surface area contributed by atoms with E-state index in [2.05, 4.69) is 4.98 Å². The highest BCUT2D eigenvalue weighted by atomic mass is 16.1. The first kappa shape index (κ1) is 21.2. The van der Waals surface area contributed by atoms with Gasteiger partial charge in [-0.1, -0.05) is 67.1 Å². The van der Waals surface area contributed by atoms with Crippen molar-refractivity contribution in [2.75, 3.05) is 0 Å². The maximum atomic E-state index is 12.8. The number of rotatable bonds is 7. The Morgan fingerprint density at radius 3 is 1.64 bits per heavy atom. The number of carbonyl (C=O) groups is 2. The van der Waals surface area contributed by atoms with Crippen LogP contribution in [0.5, 0.6) is 0 Å². The van der Waals surface area contributed by atoms with Crippen molar-refractivity contribution < 1.29 is 9.59 Å². The van der Waals surface area contributed by atoms with Crippen LogP contribution in [-0.2, 0) is 0 Å². The van der Waals surface area contributed by atoms with Gasteiger partial charge in [-0.25, -0.2) is 0 Å². The number of Topliss-reactive ketones (excluding diaryl/α,β-unsaturated/α-hetero) is 2. The summed E-state index contributed by atoms with van der Waals surface area (Å²) in [5.41, 5.74) is 4.61. The molecule has 0 N–H and O–H groups in total. The van der Waals surface area contributed by atoms with E-state index in [-0.39, 0.29) is 24.9 Å². The average molecular weight is 373 g/mol. The van der Waals surface area contributed by atoms with E-state index in [1.807, 2.05) is 62.4 Å². The third-order valence-corrected chi connectivity index (χ3v) is 4.79. The van der Waals surface area contributed by atoms with Crippen molar-refractivity contribution in [1.29, 1.82) is 0 Å². The fourth-order valence-corrected chi connectivity index (χ4v) is 3.11. The van der Waals surface area contributed by atoms with Gasteiger partial charge in [0.05, 0.1) is 0 Å². The predicted octanol–water partition coefficient (Wildman–Crippen LogP) is 5.96. The van der Waals surface area contributed by atoms with Crippen LogP contribution in [0.2, 0.25) is 0 Å². The molecule has 0 saturated heterocycles. The first-order chi connectivity index (χ1) is 13.0. The van der Waals surface area contributed by atoms with Crippen LogP contribution in [0.3, 0.4) is 0 Å². The second kappa shape index (κ2) is 9.75. The van der Waals surface area contributed by atoms with E-state index < -0.39 is 0 Å². The Hall–Kier alpha value is -3.07. The molecular formula is C25H27NO2. The number of ketones is 2. The normalized spacial score (nSPS) is 11.4. The van der Waals surface area contributed by atoms with Crippen LogP contribution >= 0.6 is 0 Å². The molecule has 0 saturated carbocycles. The molecule has 2 aromatic carbocycles. The Labute approximate surface area is 167 Å². The number of carbonyl (C=O) groups excluding carboxylic acids is 2. The molecule has 0 radical (unpaired) electrons. The van der Waals surface area contributed by atoms with Crippen molar-refractivity contribution in [3.63, 3.8) is 0 Å². The summed E-state index contributed by atoms with van der Waals surface area (Å²) in [6.45, 7) is 4.02. The molecule has 3 heteroatoms. The lowest BCUT2D eigenvalue weighted by atomic mass is 9.86. The summed E-state index contributed by atoms with van der Waals surface area (Å²) in [6.07, 6.45) is 3.84. The molecule has 3 rings (SSSR count). The monoisotopic (exact) mass is 373 g/mol. The number of pyridine rings is 1. The summed E-state index contributed by atoms with van der Waals surface area (Å²) in [5.74, 6) is -0.0668. The van der Waals surface area contributed by atoms with Gasteiger partial charge in [-0.15, -0.1) is 0 Å². The van der Waals surface area contributed by atoms with Crippen molar-refractivity contribution >= 4 is 11.6 Å². The van der Waals surface area contributed by atoms with Crippen molar-refractivity contribution in [3.05, 3.63) is 101 Å². The second-order valence-electron chi connectivity index (χ2n) is 6.96. The summed E-state index contributed by atoms with van der Waals surface area (Å²) in [5, 5.41) is 0. The molecule has 0 spiro atoms. The van der Waals surface area contributed by atoms with Gasteiger partial charge in [0.25, 0.3) is 0 Å². The lowest BCUT2D eigenvalue weighted by Gasteiger charge is -2.17. The number of aromatic nitrogens is 1. The van der Waals surface area contributed by atoms with E-state index >= 15 is 0 Å². The highest BCUT2D eigenvalue weighted by molar-refractivity contribution is 5.99. The second-order valence-corrected chi connectivity index (χ2v) is 6.96. The van der Waals surface area contributed by atoms with Gasteiger partial charge in [-0.3, -0.25) is 14.6 Å². The maximum absolute atomic E-state index is 12.8. The SMILES string of the molecule is C.Cc1ccc(C(=O)CC(CC(=O)c2ccncc2)c2ccc(C)cc2)cc1. The molecule has 0 aliphatic carbocycles. The molecule has 0 aliphatic heterocycles. The smallest absolute Gasteiger partial charge is 0.163 e. The van der Waals surface area contributed by atoms with Crippen LogP contribution in [0.4, 0.5) is 0 Å². The van der Waals surface area contributed by atoms with Crippen molar-refractivity contribution in [1.82, 2.24) is 4.98 Å². The summed E-state index contributed by atoms with van der Waals surface area (Å²) >= 11 is 0. The van der Waals surface area contributed by atoms with Crippen molar-refractivity contribution in [2.24, 2.45) is 0 Å². The zero-order chi connectivity index (χ0) is 19.2. The number of aryl methyl sites for hydroxylation is 2. The Balaban J connectivity index is 0.00000280. The van der Waals surface area contributed by atoms with Crippen LogP contribution in [-0.4, -0.2) is 16.6 Å². The van der Waals surface area contributed by atoms with Gasteiger partial charge in [0.2, 0.25) is 0 Å². The van der Waals surface area contributed by atoms with E-state index in [4.69, 9.17) is 0 Å². The molecule has 0 amide bonds. The standard InChI is InChI=1S/C24H23NO2.CH4/c1-17-3-7-19(8-4-17)22(16-24(27)21-11-13-25-14-12-21)15-23(26)20-9-5-18(2)6-10-20;/h3-14,22H,15-16H2,1-2H3;1H4. The molecule has 1 atom stereocenters. The maximum Gasteiger partial charge on any atom is 0.163 e. The Kier molecular flexibility index (Phi) is 7.39. The zero-order valence-corrected chi connectivity index (χ0v) is 15.7. The summed E-state index contributed by atoms with van der Waals surface area (Å²) in [7, 11) is 0. The van der Waals surface area contributed by atoms with Gasteiger partial charge in [0.15, 0.2) is 11.6 Å². The van der Waals surface area contributed by atoms with Gasteiger partial charge in [0, 0.05) is 36.4 Å². The predicted molar refractivity (Wildman–Crippen MR) is 114 cm³/mol. The lowest BCUT2D eigenvalue weighted by Crippen LogP contribution is -2.13. The van der Waals surface area contributed by atoms with Gasteiger partial charge < -0.3 is 0 Å². The minimum atomic E-state index is -0.153. The fourth-order valence-electron chi connectivity index (χ4n) is 3.11. The highest BCUT2D eigenvalue weighted by Gasteiger charge is 2.21. The number of hydrogen-bond acceptors (Lipinski definition) is 3. The minimum absolute atomic E-state index is 0. The largest absolute Gasteiger partial charge is 0.294 e. The zero-order valence-electron chi connectivity index (χ0n) is 15.7. The summed E-state index contributed by atoms with van der Waals surface area (Å²) in [6, 6.07) is 19.1. The Morgan fingerprint density at radius 1 is 0.714 bits per heavy atom. The molecule has 0 aliphatic rings. The van der Waals surface area contributed by atoms with Crippen molar-refractivity contribution in [3.8, 4) is 0 Å². The topological polar surface area (TPSA) is 47.0 Å².